The lowest BCUT2D eigenvalue weighted by Crippen LogP contribution is -2.43. The van der Waals surface area contributed by atoms with E-state index >= 15 is 0 Å². The Kier molecular flexibility index (Phi) is 4.78. The lowest BCUT2D eigenvalue weighted by atomic mass is 9.91. The van der Waals surface area contributed by atoms with E-state index in [-0.39, 0.29) is 17.8 Å². The Hall–Kier alpha value is -1.59. The summed E-state index contributed by atoms with van der Waals surface area (Å²) in [5.74, 6) is 0.994. The first-order valence-electron chi connectivity index (χ1n) is 8.12. The van der Waals surface area contributed by atoms with Crippen LogP contribution in [0.15, 0.2) is 0 Å². The maximum atomic E-state index is 12.3. The summed E-state index contributed by atoms with van der Waals surface area (Å²) in [6.07, 6.45) is 2.07. The molecular weight excluding hydrogens is 282 g/mol. The number of rotatable bonds is 4. The number of hydrogen-bond donors (Lipinski definition) is 1. The van der Waals surface area contributed by atoms with Crippen molar-refractivity contribution in [2.45, 2.75) is 52.5 Å². The first-order chi connectivity index (χ1) is 10.2. The van der Waals surface area contributed by atoms with Crippen LogP contribution in [0, 0.1) is 11.8 Å². The third-order valence-corrected chi connectivity index (χ3v) is 4.44. The molecule has 0 aromatic rings. The second kappa shape index (κ2) is 6.26. The van der Waals surface area contributed by atoms with Crippen LogP contribution in [-0.2, 0) is 9.59 Å². The fourth-order valence-electron chi connectivity index (χ4n) is 3.43. The highest BCUT2D eigenvalue weighted by molar-refractivity contribution is 6.06. The molecule has 2 aliphatic rings. The lowest BCUT2D eigenvalue weighted by molar-refractivity contribution is -0.135. The van der Waals surface area contributed by atoms with E-state index < -0.39 is 5.54 Å². The molecule has 1 N–H and O–H groups in total. The second-order valence-corrected chi connectivity index (χ2v) is 7.36. The summed E-state index contributed by atoms with van der Waals surface area (Å²) >= 11 is 0. The molecule has 0 unspecified atom stereocenters. The summed E-state index contributed by atoms with van der Waals surface area (Å²) in [6.45, 7) is 9.66. The number of likely N-dealkylation sites (tertiary alicyclic amines) is 1. The lowest BCUT2D eigenvalue weighted by Gasteiger charge is -2.35. The van der Waals surface area contributed by atoms with Crippen LogP contribution in [0.3, 0.4) is 0 Å². The highest BCUT2D eigenvalue weighted by Crippen LogP contribution is 2.22. The fourth-order valence-corrected chi connectivity index (χ4v) is 3.43. The maximum Gasteiger partial charge on any atom is 0.325 e. The minimum absolute atomic E-state index is 0.129. The van der Waals surface area contributed by atoms with Crippen LogP contribution in [0.5, 0.6) is 0 Å². The van der Waals surface area contributed by atoms with Crippen LogP contribution in [0.25, 0.3) is 0 Å². The molecule has 2 aliphatic heterocycles. The van der Waals surface area contributed by atoms with Crippen molar-refractivity contribution < 1.29 is 14.4 Å². The van der Waals surface area contributed by atoms with Crippen molar-refractivity contribution in [1.82, 2.24) is 15.1 Å². The van der Waals surface area contributed by atoms with Crippen LogP contribution < -0.4 is 5.32 Å². The van der Waals surface area contributed by atoms with Gasteiger partial charge in [-0.2, -0.15) is 0 Å². The number of nitrogens with zero attached hydrogens (tertiary/aromatic N) is 2. The Morgan fingerprint density at radius 2 is 1.82 bits per heavy atom. The molecule has 2 rings (SSSR count). The summed E-state index contributed by atoms with van der Waals surface area (Å²) in [5.41, 5.74) is -0.834. The van der Waals surface area contributed by atoms with E-state index in [1.165, 1.54) is 11.3 Å². The summed E-state index contributed by atoms with van der Waals surface area (Å²) in [5, 5.41) is 2.65. The van der Waals surface area contributed by atoms with E-state index in [1.54, 1.807) is 13.8 Å². The summed E-state index contributed by atoms with van der Waals surface area (Å²) in [7, 11) is 0. The highest BCUT2D eigenvalue weighted by Gasteiger charge is 2.43. The van der Waals surface area contributed by atoms with Crippen molar-refractivity contribution in [3.63, 3.8) is 0 Å². The highest BCUT2D eigenvalue weighted by atomic mass is 16.2. The topological polar surface area (TPSA) is 69.7 Å². The zero-order valence-corrected chi connectivity index (χ0v) is 14.0. The Labute approximate surface area is 132 Å². The number of nitrogens with one attached hydrogen (secondary N) is 1. The van der Waals surface area contributed by atoms with Gasteiger partial charge < -0.3 is 10.2 Å². The Morgan fingerprint density at radius 1 is 1.23 bits per heavy atom. The zero-order valence-electron chi connectivity index (χ0n) is 14.0. The minimum Gasteiger partial charge on any atom is -0.342 e. The van der Waals surface area contributed by atoms with Crippen molar-refractivity contribution >= 4 is 17.8 Å². The molecule has 0 bridgehead atoms. The van der Waals surface area contributed by atoms with Crippen LogP contribution in [0.1, 0.15) is 47.0 Å². The third kappa shape index (κ3) is 3.59. The molecule has 2 atom stereocenters. The van der Waals surface area contributed by atoms with E-state index in [4.69, 9.17) is 0 Å². The maximum absolute atomic E-state index is 12.3. The first-order valence-corrected chi connectivity index (χ1v) is 8.12. The molecule has 6 nitrogen and oxygen atoms in total. The fraction of sp³-hybridized carbons (Fsp3) is 0.812. The number of urea groups is 1. The van der Waals surface area contributed by atoms with Gasteiger partial charge in [-0.25, -0.2) is 4.79 Å². The van der Waals surface area contributed by atoms with Crippen LogP contribution in [0.4, 0.5) is 4.79 Å². The molecule has 6 heteroatoms. The molecule has 0 aromatic carbocycles. The molecule has 0 saturated carbocycles. The molecule has 2 heterocycles. The number of piperidine rings is 1. The van der Waals surface area contributed by atoms with Gasteiger partial charge in [-0.1, -0.05) is 13.8 Å². The molecule has 4 amide bonds. The van der Waals surface area contributed by atoms with Crippen molar-refractivity contribution in [2.24, 2.45) is 11.8 Å². The molecule has 0 radical (unpaired) electrons. The second-order valence-electron chi connectivity index (χ2n) is 7.36. The van der Waals surface area contributed by atoms with Crippen LogP contribution in [0.2, 0.25) is 0 Å². The van der Waals surface area contributed by atoms with Crippen LogP contribution >= 0.6 is 0 Å². The van der Waals surface area contributed by atoms with Crippen LogP contribution in [-0.4, -0.2) is 52.8 Å². The average Bonchev–Trinajstić information content (AvgIpc) is 2.59. The van der Waals surface area contributed by atoms with Gasteiger partial charge in [0.25, 0.3) is 5.91 Å². The van der Waals surface area contributed by atoms with E-state index in [2.05, 4.69) is 19.2 Å². The predicted molar refractivity (Wildman–Crippen MR) is 83.1 cm³/mol. The molecule has 2 fully saturated rings. The van der Waals surface area contributed by atoms with E-state index in [0.29, 0.717) is 31.2 Å². The number of carbonyl (C=O) groups excluding carboxylic acids is 3. The van der Waals surface area contributed by atoms with Gasteiger partial charge in [0, 0.05) is 26.1 Å². The molecule has 0 spiro atoms. The number of carbonyl (C=O) groups is 3. The van der Waals surface area contributed by atoms with E-state index in [1.807, 2.05) is 4.90 Å². The van der Waals surface area contributed by atoms with Gasteiger partial charge in [0.1, 0.15) is 5.54 Å². The van der Waals surface area contributed by atoms with Gasteiger partial charge in [0.15, 0.2) is 0 Å². The van der Waals surface area contributed by atoms with Crippen molar-refractivity contribution in [3.05, 3.63) is 0 Å². The van der Waals surface area contributed by atoms with Crippen molar-refractivity contribution in [3.8, 4) is 0 Å². The number of amides is 4. The monoisotopic (exact) mass is 309 g/mol. The summed E-state index contributed by atoms with van der Waals surface area (Å²) in [4.78, 5) is 39.2. The quantitative estimate of drug-likeness (QED) is 0.802. The third-order valence-electron chi connectivity index (χ3n) is 4.44. The van der Waals surface area contributed by atoms with Gasteiger partial charge in [0.05, 0.1) is 0 Å². The molecule has 0 aliphatic carbocycles. The molecule has 22 heavy (non-hydrogen) atoms. The SMILES string of the molecule is C[C@@H]1C[C@@H](C)CN(C(=O)CCCN2C(=O)NC(C)(C)C2=O)C1. The van der Waals surface area contributed by atoms with Gasteiger partial charge in [-0.3, -0.25) is 14.5 Å². The van der Waals surface area contributed by atoms with Crippen molar-refractivity contribution in [2.75, 3.05) is 19.6 Å². The Morgan fingerprint density at radius 3 is 2.32 bits per heavy atom. The average molecular weight is 309 g/mol. The van der Waals surface area contributed by atoms with Crippen molar-refractivity contribution in [1.29, 1.82) is 0 Å². The smallest absolute Gasteiger partial charge is 0.325 e. The summed E-state index contributed by atoms with van der Waals surface area (Å²) < 4.78 is 0. The molecular formula is C16H27N3O3. The first kappa shape index (κ1) is 16.8. The summed E-state index contributed by atoms with van der Waals surface area (Å²) in [6, 6.07) is -0.359. The zero-order chi connectivity index (χ0) is 16.5. The molecule has 0 aromatic heterocycles. The predicted octanol–water partition coefficient (Wildman–Crippen LogP) is 1.60. The minimum atomic E-state index is -0.834. The largest absolute Gasteiger partial charge is 0.342 e. The molecule has 2 saturated heterocycles. The Bertz CT molecular complexity index is 465. The number of hydrogen-bond acceptors (Lipinski definition) is 3. The van der Waals surface area contributed by atoms with Gasteiger partial charge in [0.2, 0.25) is 5.91 Å². The van der Waals surface area contributed by atoms with E-state index in [9.17, 15) is 14.4 Å². The van der Waals surface area contributed by atoms with Gasteiger partial charge in [-0.15, -0.1) is 0 Å². The Balaban J connectivity index is 1.80. The normalized spacial score (nSPS) is 28.0. The molecule has 124 valence electrons. The standard InChI is InChI=1S/C16H27N3O3/c1-11-8-12(2)10-18(9-11)13(20)6-5-7-19-14(21)16(3,4)17-15(19)22/h11-12H,5-10H2,1-4H3,(H,17,22)/t11-,12-/m1/s1. The van der Waals surface area contributed by atoms with E-state index in [0.717, 1.165) is 13.1 Å². The van der Waals surface area contributed by atoms with Gasteiger partial charge in [-0.05, 0) is 38.5 Å². The van der Waals surface area contributed by atoms with Gasteiger partial charge >= 0.3 is 6.03 Å². The number of imide groups is 1.